The van der Waals surface area contributed by atoms with E-state index in [2.05, 4.69) is 4.98 Å². The topological polar surface area (TPSA) is 41.0 Å². The third kappa shape index (κ3) is 2.47. The number of carbonyl (C=O) groups is 1. The Bertz CT molecular complexity index is 687. The van der Waals surface area contributed by atoms with Crippen molar-refractivity contribution in [3.05, 3.63) is 28.8 Å². The average molecular weight is 295 g/mol. The summed E-state index contributed by atoms with van der Waals surface area (Å²) in [5.41, 5.74) is 1.35. The molecule has 1 atom stereocenters. The fraction of sp³-hybridized carbons (Fsp3) is 0.429. The molecule has 4 nitrogen and oxygen atoms in total. The third-order valence-corrected chi connectivity index (χ3v) is 3.80. The number of aromatic amines is 1. The maximum atomic E-state index is 13.2. The first kappa shape index (κ1) is 14.7. The lowest BCUT2D eigenvalue weighted by molar-refractivity contribution is -0.133. The van der Waals surface area contributed by atoms with Crippen LogP contribution in [0.2, 0.25) is 0 Å². The number of rotatable bonds is 4. The van der Waals surface area contributed by atoms with Gasteiger partial charge in [-0.15, -0.1) is 0 Å². The summed E-state index contributed by atoms with van der Waals surface area (Å²) in [4.78, 5) is 17.1. The molecule has 0 fully saturated rings. The van der Waals surface area contributed by atoms with Crippen LogP contribution in [0.1, 0.15) is 26.8 Å². The molecule has 0 saturated carbocycles. The number of amides is 1. The number of likely N-dealkylation sites (N-methyl/N-ethyl adjacent to an activating group) is 1. The maximum absolute atomic E-state index is 13.2. The van der Waals surface area contributed by atoms with Gasteiger partial charge in [-0.1, -0.05) is 0 Å². The monoisotopic (exact) mass is 295 g/mol. The SMILES string of the molecule is CCN(CC)C(=O)C(C)n1c(=S)[nH]c2cc(F)ccc21. The van der Waals surface area contributed by atoms with Gasteiger partial charge in [0.1, 0.15) is 11.9 Å². The minimum atomic E-state index is -0.415. The molecular weight excluding hydrogens is 277 g/mol. The van der Waals surface area contributed by atoms with E-state index in [0.717, 1.165) is 5.52 Å². The molecule has 6 heteroatoms. The number of imidazole rings is 1. The zero-order chi connectivity index (χ0) is 14.9. The molecule has 0 aliphatic carbocycles. The van der Waals surface area contributed by atoms with Gasteiger partial charge in [0.05, 0.1) is 11.0 Å². The smallest absolute Gasteiger partial charge is 0.245 e. The molecular formula is C14H18FN3OS. The first-order chi connectivity index (χ1) is 9.49. The third-order valence-electron chi connectivity index (χ3n) is 3.50. The molecule has 1 amide bonds. The van der Waals surface area contributed by atoms with E-state index in [9.17, 15) is 9.18 Å². The van der Waals surface area contributed by atoms with Gasteiger partial charge in [-0.3, -0.25) is 4.79 Å². The second-order valence-corrected chi connectivity index (χ2v) is 5.03. The molecule has 1 aromatic carbocycles. The predicted molar refractivity (Wildman–Crippen MR) is 79.7 cm³/mol. The second-order valence-electron chi connectivity index (χ2n) is 4.65. The van der Waals surface area contributed by atoms with Crippen LogP contribution in [0.4, 0.5) is 4.39 Å². The number of benzene rings is 1. The molecule has 20 heavy (non-hydrogen) atoms. The first-order valence-electron chi connectivity index (χ1n) is 6.68. The van der Waals surface area contributed by atoms with Gasteiger partial charge in [-0.2, -0.15) is 0 Å². The Kier molecular flexibility index (Phi) is 4.23. The molecule has 108 valence electrons. The number of nitrogens with one attached hydrogen (secondary N) is 1. The van der Waals surface area contributed by atoms with E-state index >= 15 is 0 Å². The van der Waals surface area contributed by atoms with Crippen molar-refractivity contribution >= 4 is 29.2 Å². The minimum Gasteiger partial charge on any atom is -0.341 e. The quantitative estimate of drug-likeness (QED) is 0.880. The summed E-state index contributed by atoms with van der Waals surface area (Å²) in [5.74, 6) is -0.319. The Labute approximate surface area is 122 Å². The lowest BCUT2D eigenvalue weighted by Gasteiger charge is -2.24. The molecule has 1 unspecified atom stereocenters. The number of aromatic nitrogens is 2. The van der Waals surface area contributed by atoms with E-state index in [1.54, 1.807) is 15.5 Å². The molecule has 0 saturated heterocycles. The molecule has 0 spiro atoms. The summed E-state index contributed by atoms with van der Waals surface area (Å²) in [6, 6.07) is 3.98. The van der Waals surface area contributed by atoms with Crippen LogP contribution < -0.4 is 0 Å². The molecule has 0 aliphatic rings. The highest BCUT2D eigenvalue weighted by Crippen LogP contribution is 2.21. The highest BCUT2D eigenvalue weighted by molar-refractivity contribution is 7.71. The van der Waals surface area contributed by atoms with Gasteiger partial charge >= 0.3 is 0 Å². The Morgan fingerprint density at radius 1 is 1.45 bits per heavy atom. The van der Waals surface area contributed by atoms with Crippen LogP contribution in [0.15, 0.2) is 18.2 Å². The van der Waals surface area contributed by atoms with Gasteiger partial charge in [0, 0.05) is 13.1 Å². The van der Waals surface area contributed by atoms with Gasteiger partial charge < -0.3 is 14.5 Å². The molecule has 0 bridgehead atoms. The zero-order valence-corrected chi connectivity index (χ0v) is 12.6. The van der Waals surface area contributed by atoms with E-state index in [1.807, 2.05) is 20.8 Å². The summed E-state index contributed by atoms with van der Waals surface area (Å²) in [5, 5.41) is 0. The zero-order valence-electron chi connectivity index (χ0n) is 11.8. The predicted octanol–water partition coefficient (Wildman–Crippen LogP) is 3.27. The summed E-state index contributed by atoms with van der Waals surface area (Å²) in [7, 11) is 0. The van der Waals surface area contributed by atoms with E-state index < -0.39 is 6.04 Å². The second kappa shape index (κ2) is 5.75. The Hall–Kier alpha value is -1.69. The molecule has 1 heterocycles. The van der Waals surface area contributed by atoms with Crippen LogP contribution in [0.5, 0.6) is 0 Å². The maximum Gasteiger partial charge on any atom is 0.245 e. The van der Waals surface area contributed by atoms with Crippen molar-refractivity contribution in [3.8, 4) is 0 Å². The van der Waals surface area contributed by atoms with Crippen molar-refractivity contribution in [2.45, 2.75) is 26.8 Å². The number of halogens is 1. The summed E-state index contributed by atoms with van der Waals surface area (Å²) in [6.07, 6.45) is 0. The van der Waals surface area contributed by atoms with Crippen LogP contribution in [0.25, 0.3) is 11.0 Å². The first-order valence-corrected chi connectivity index (χ1v) is 7.09. The number of nitrogens with zero attached hydrogens (tertiary/aromatic N) is 2. The fourth-order valence-electron chi connectivity index (χ4n) is 2.40. The Morgan fingerprint density at radius 3 is 2.70 bits per heavy atom. The highest BCUT2D eigenvalue weighted by atomic mass is 32.1. The van der Waals surface area contributed by atoms with Gasteiger partial charge in [-0.25, -0.2) is 4.39 Å². The molecule has 2 rings (SSSR count). The fourth-order valence-corrected chi connectivity index (χ4v) is 2.76. The minimum absolute atomic E-state index is 0.0105. The van der Waals surface area contributed by atoms with Crippen LogP contribution in [0, 0.1) is 10.6 Å². The normalized spacial score (nSPS) is 12.6. The number of H-pyrrole nitrogens is 1. The summed E-state index contributed by atoms with van der Waals surface area (Å²) < 4.78 is 15.4. The van der Waals surface area contributed by atoms with Crippen LogP contribution >= 0.6 is 12.2 Å². The van der Waals surface area contributed by atoms with E-state index in [4.69, 9.17) is 12.2 Å². The van der Waals surface area contributed by atoms with Crippen LogP contribution in [0.3, 0.4) is 0 Å². The lowest BCUT2D eigenvalue weighted by Crippen LogP contribution is -2.36. The van der Waals surface area contributed by atoms with Crippen molar-refractivity contribution < 1.29 is 9.18 Å². The standard InChI is InChI=1S/C14H18FN3OS/c1-4-17(5-2)13(19)9(3)18-12-7-6-10(15)8-11(12)16-14(18)20/h6-9H,4-5H2,1-3H3,(H,16,20). The number of carbonyl (C=O) groups excluding carboxylic acids is 1. The molecule has 2 aromatic rings. The largest absolute Gasteiger partial charge is 0.341 e. The summed E-state index contributed by atoms with van der Waals surface area (Å²) in [6.45, 7) is 7.01. The Balaban J connectivity index is 2.49. The van der Waals surface area contributed by atoms with Gasteiger partial charge in [-0.05, 0) is 51.2 Å². The molecule has 1 N–H and O–H groups in total. The Morgan fingerprint density at radius 2 is 2.10 bits per heavy atom. The van der Waals surface area contributed by atoms with Crippen molar-refractivity contribution in [1.29, 1.82) is 0 Å². The van der Waals surface area contributed by atoms with Crippen molar-refractivity contribution in [3.63, 3.8) is 0 Å². The number of hydrogen-bond acceptors (Lipinski definition) is 2. The van der Waals surface area contributed by atoms with Crippen molar-refractivity contribution in [2.75, 3.05) is 13.1 Å². The molecule has 0 aliphatic heterocycles. The number of hydrogen-bond donors (Lipinski definition) is 1. The number of fused-ring (bicyclic) bond motifs is 1. The van der Waals surface area contributed by atoms with E-state index in [-0.39, 0.29) is 11.7 Å². The van der Waals surface area contributed by atoms with E-state index in [1.165, 1.54) is 12.1 Å². The average Bonchev–Trinajstić information content (AvgIpc) is 2.74. The van der Waals surface area contributed by atoms with Crippen molar-refractivity contribution in [1.82, 2.24) is 14.5 Å². The van der Waals surface area contributed by atoms with Crippen LogP contribution in [-0.4, -0.2) is 33.4 Å². The van der Waals surface area contributed by atoms with Crippen LogP contribution in [-0.2, 0) is 4.79 Å². The summed E-state index contributed by atoms with van der Waals surface area (Å²) >= 11 is 5.26. The highest BCUT2D eigenvalue weighted by Gasteiger charge is 2.22. The van der Waals surface area contributed by atoms with E-state index in [0.29, 0.717) is 23.4 Å². The molecule has 0 radical (unpaired) electrons. The van der Waals surface area contributed by atoms with Gasteiger partial charge in [0.25, 0.3) is 0 Å². The van der Waals surface area contributed by atoms with Crippen molar-refractivity contribution in [2.24, 2.45) is 0 Å². The lowest BCUT2D eigenvalue weighted by atomic mass is 10.2. The van der Waals surface area contributed by atoms with Gasteiger partial charge in [0.15, 0.2) is 4.77 Å². The van der Waals surface area contributed by atoms with Gasteiger partial charge in [0.2, 0.25) is 5.91 Å². The molecule has 1 aromatic heterocycles.